The van der Waals surface area contributed by atoms with E-state index in [4.69, 9.17) is 14.2 Å². The summed E-state index contributed by atoms with van der Waals surface area (Å²) in [6.07, 6.45) is -0.496. The molecule has 0 aromatic heterocycles. The maximum Gasteiger partial charge on any atom is 0.231 e. The zero-order valence-corrected chi connectivity index (χ0v) is 17.3. The maximum atomic E-state index is 10.3. The average molecular weight is 449 g/mol. The average Bonchev–Trinajstić information content (AvgIpc) is 3.17. The van der Waals surface area contributed by atoms with Gasteiger partial charge in [-0.15, -0.1) is 0 Å². The number of fused-ring (bicyclic) bond motifs is 1. The molecule has 2 aromatic rings. The highest BCUT2D eigenvalue weighted by atomic mass is 79.9. The first-order chi connectivity index (χ1) is 13.7. The molecule has 2 aliphatic rings. The van der Waals surface area contributed by atoms with Crippen LogP contribution < -0.4 is 14.2 Å². The molecule has 1 atom stereocenters. The number of halogens is 1. The van der Waals surface area contributed by atoms with Gasteiger partial charge in [0.05, 0.1) is 0 Å². The van der Waals surface area contributed by atoms with Crippen LogP contribution in [0.1, 0.15) is 5.56 Å². The molecule has 4 rings (SSSR count). The molecule has 0 unspecified atom stereocenters. The summed E-state index contributed by atoms with van der Waals surface area (Å²) in [5.74, 6) is 2.44. The van der Waals surface area contributed by atoms with Crippen molar-refractivity contribution < 1.29 is 19.3 Å². The molecule has 28 heavy (non-hydrogen) atoms. The number of hydrogen-bond acceptors (Lipinski definition) is 6. The summed E-state index contributed by atoms with van der Waals surface area (Å²) in [4.78, 5) is 4.73. The molecule has 0 spiro atoms. The summed E-state index contributed by atoms with van der Waals surface area (Å²) in [6.45, 7) is 6.00. The van der Waals surface area contributed by atoms with E-state index in [-0.39, 0.29) is 0 Å². The highest BCUT2D eigenvalue weighted by Gasteiger charge is 2.20. The third-order valence-electron chi connectivity index (χ3n) is 5.03. The van der Waals surface area contributed by atoms with Gasteiger partial charge in [0.15, 0.2) is 11.5 Å². The summed E-state index contributed by atoms with van der Waals surface area (Å²) in [7, 11) is 0. The summed E-state index contributed by atoms with van der Waals surface area (Å²) < 4.78 is 17.5. The number of hydrogen-bond donors (Lipinski definition) is 1. The monoisotopic (exact) mass is 448 g/mol. The molecular formula is C21H25BrN2O4. The van der Waals surface area contributed by atoms with Gasteiger partial charge >= 0.3 is 0 Å². The van der Waals surface area contributed by atoms with Crippen LogP contribution in [0.5, 0.6) is 17.2 Å². The number of aliphatic hydroxyl groups is 1. The Morgan fingerprint density at radius 3 is 2.46 bits per heavy atom. The van der Waals surface area contributed by atoms with E-state index in [1.54, 1.807) is 0 Å². The van der Waals surface area contributed by atoms with Crippen molar-refractivity contribution in [2.75, 3.05) is 46.1 Å². The van der Waals surface area contributed by atoms with Gasteiger partial charge in [0.1, 0.15) is 18.5 Å². The second kappa shape index (κ2) is 9.13. The zero-order chi connectivity index (χ0) is 19.3. The Morgan fingerprint density at radius 1 is 0.964 bits per heavy atom. The Labute approximate surface area is 173 Å². The summed E-state index contributed by atoms with van der Waals surface area (Å²) in [6, 6.07) is 13.8. The lowest BCUT2D eigenvalue weighted by Crippen LogP contribution is -2.48. The van der Waals surface area contributed by atoms with Crippen molar-refractivity contribution in [2.45, 2.75) is 12.6 Å². The van der Waals surface area contributed by atoms with E-state index >= 15 is 0 Å². The highest BCUT2D eigenvalue weighted by Crippen LogP contribution is 2.32. The van der Waals surface area contributed by atoms with Crippen LogP contribution in [0, 0.1) is 0 Å². The van der Waals surface area contributed by atoms with Gasteiger partial charge in [-0.3, -0.25) is 9.80 Å². The van der Waals surface area contributed by atoms with E-state index < -0.39 is 6.10 Å². The van der Waals surface area contributed by atoms with Crippen molar-refractivity contribution >= 4 is 15.9 Å². The van der Waals surface area contributed by atoms with Gasteiger partial charge in [-0.1, -0.05) is 22.0 Å². The number of rotatable bonds is 7. The van der Waals surface area contributed by atoms with Gasteiger partial charge in [0, 0.05) is 43.7 Å². The molecule has 0 bridgehead atoms. The largest absolute Gasteiger partial charge is 0.491 e. The first kappa shape index (κ1) is 19.5. The van der Waals surface area contributed by atoms with Crippen LogP contribution in [0.15, 0.2) is 46.9 Å². The predicted octanol–water partition coefficient (Wildman–Crippen LogP) is 2.74. The standard InChI is InChI=1S/C21H25BrN2O4/c22-17-2-4-19(5-3-17)26-14-18(25)13-24-9-7-23(8-10-24)12-16-1-6-20-21(11-16)28-15-27-20/h1-6,11,18,25H,7-10,12-15H2/t18-/m1/s1. The van der Waals surface area contributed by atoms with Crippen LogP contribution in [0.4, 0.5) is 0 Å². The number of piperazine rings is 1. The number of ether oxygens (including phenoxy) is 3. The fraction of sp³-hybridized carbons (Fsp3) is 0.429. The number of β-amino-alcohol motifs (C(OH)–C–C–N with tert-alkyl or cyclic N) is 1. The molecule has 1 N–H and O–H groups in total. The van der Waals surface area contributed by atoms with Crippen molar-refractivity contribution in [1.29, 1.82) is 0 Å². The van der Waals surface area contributed by atoms with Gasteiger partial charge in [0.25, 0.3) is 0 Å². The number of nitrogens with zero attached hydrogens (tertiary/aromatic N) is 2. The minimum absolute atomic E-state index is 0.305. The van der Waals surface area contributed by atoms with E-state index in [1.807, 2.05) is 30.3 Å². The summed E-state index contributed by atoms with van der Waals surface area (Å²) in [5.41, 5.74) is 1.24. The fourth-order valence-corrected chi connectivity index (χ4v) is 3.77. The van der Waals surface area contributed by atoms with Gasteiger partial charge in [-0.2, -0.15) is 0 Å². The third kappa shape index (κ3) is 5.17. The van der Waals surface area contributed by atoms with E-state index in [1.165, 1.54) is 5.56 Å². The quantitative estimate of drug-likeness (QED) is 0.702. The first-order valence-corrected chi connectivity index (χ1v) is 10.3. The third-order valence-corrected chi connectivity index (χ3v) is 5.56. The lowest BCUT2D eigenvalue weighted by Gasteiger charge is -2.35. The Balaban J connectivity index is 1.18. The van der Waals surface area contributed by atoms with Crippen LogP contribution in [-0.2, 0) is 6.54 Å². The Kier molecular flexibility index (Phi) is 6.36. The fourth-order valence-electron chi connectivity index (χ4n) is 3.50. The molecule has 0 saturated carbocycles. The minimum Gasteiger partial charge on any atom is -0.491 e. The maximum absolute atomic E-state index is 10.3. The van der Waals surface area contributed by atoms with Crippen molar-refractivity contribution in [3.8, 4) is 17.2 Å². The van der Waals surface area contributed by atoms with E-state index in [0.29, 0.717) is 19.9 Å². The van der Waals surface area contributed by atoms with Crippen LogP contribution in [-0.4, -0.2) is 67.1 Å². The Morgan fingerprint density at radius 2 is 1.68 bits per heavy atom. The number of aliphatic hydroxyl groups excluding tert-OH is 1. The first-order valence-electron chi connectivity index (χ1n) is 9.55. The van der Waals surface area contributed by atoms with Crippen molar-refractivity contribution in [3.05, 3.63) is 52.5 Å². The predicted molar refractivity (Wildman–Crippen MR) is 110 cm³/mol. The highest BCUT2D eigenvalue weighted by molar-refractivity contribution is 9.10. The molecule has 0 amide bonds. The topological polar surface area (TPSA) is 54.4 Å². The van der Waals surface area contributed by atoms with Crippen molar-refractivity contribution in [3.63, 3.8) is 0 Å². The van der Waals surface area contributed by atoms with Gasteiger partial charge < -0.3 is 19.3 Å². The van der Waals surface area contributed by atoms with Crippen molar-refractivity contribution in [1.82, 2.24) is 9.80 Å². The molecular weight excluding hydrogens is 424 g/mol. The smallest absolute Gasteiger partial charge is 0.231 e. The van der Waals surface area contributed by atoms with Crippen LogP contribution >= 0.6 is 15.9 Å². The molecule has 2 aromatic carbocycles. The minimum atomic E-state index is -0.496. The summed E-state index contributed by atoms with van der Waals surface area (Å²) in [5, 5.41) is 10.3. The molecule has 6 nitrogen and oxygen atoms in total. The lowest BCUT2D eigenvalue weighted by molar-refractivity contribution is 0.0446. The molecule has 2 aliphatic heterocycles. The molecule has 0 radical (unpaired) electrons. The molecule has 1 saturated heterocycles. The number of benzene rings is 2. The second-order valence-corrected chi connectivity index (χ2v) is 8.10. The zero-order valence-electron chi connectivity index (χ0n) is 15.7. The van der Waals surface area contributed by atoms with Gasteiger partial charge in [0.2, 0.25) is 6.79 Å². The molecule has 0 aliphatic carbocycles. The van der Waals surface area contributed by atoms with E-state index in [2.05, 4.69) is 37.9 Å². The summed E-state index contributed by atoms with van der Waals surface area (Å²) >= 11 is 3.40. The van der Waals surface area contributed by atoms with E-state index in [0.717, 1.165) is 54.4 Å². The SMILES string of the molecule is O[C@@H](COc1ccc(Br)cc1)CN1CCN(Cc2ccc3c(c2)OCO3)CC1. The van der Waals surface area contributed by atoms with E-state index in [9.17, 15) is 5.11 Å². The van der Waals surface area contributed by atoms with Crippen LogP contribution in [0.2, 0.25) is 0 Å². The van der Waals surface area contributed by atoms with Gasteiger partial charge in [-0.25, -0.2) is 0 Å². The van der Waals surface area contributed by atoms with Gasteiger partial charge in [-0.05, 0) is 42.0 Å². The van der Waals surface area contributed by atoms with Crippen molar-refractivity contribution in [2.24, 2.45) is 0 Å². The molecule has 1 fully saturated rings. The second-order valence-electron chi connectivity index (χ2n) is 7.18. The van der Waals surface area contributed by atoms with Crippen LogP contribution in [0.3, 0.4) is 0 Å². The Bertz CT molecular complexity index is 778. The Hall–Kier alpha value is -1.80. The van der Waals surface area contributed by atoms with Crippen LogP contribution in [0.25, 0.3) is 0 Å². The normalized spacial score (nSPS) is 18.2. The molecule has 150 valence electrons. The lowest BCUT2D eigenvalue weighted by atomic mass is 10.1. The molecule has 2 heterocycles. The molecule has 7 heteroatoms.